The van der Waals surface area contributed by atoms with Crippen LogP contribution in [0.25, 0.3) is 22.2 Å². The summed E-state index contributed by atoms with van der Waals surface area (Å²) in [5.41, 5.74) is 4.27. The first-order chi connectivity index (χ1) is 15.8. The van der Waals surface area contributed by atoms with Gasteiger partial charge in [0, 0.05) is 73.8 Å². The van der Waals surface area contributed by atoms with E-state index >= 15 is 0 Å². The highest BCUT2D eigenvalue weighted by atomic mass is 16.5. The number of aldehydes is 1. The van der Waals surface area contributed by atoms with Gasteiger partial charge in [-0.15, -0.1) is 0 Å². The number of H-pyrrole nitrogens is 2. The molecule has 5 rings (SSSR count). The molecular formula is C24H26N6O2. The summed E-state index contributed by atoms with van der Waals surface area (Å²) in [7, 11) is 0. The Bertz CT molecular complexity index is 1160. The van der Waals surface area contributed by atoms with Crippen molar-refractivity contribution < 1.29 is 9.53 Å². The van der Waals surface area contributed by atoms with E-state index in [0.717, 1.165) is 68.0 Å². The van der Waals surface area contributed by atoms with Crippen LogP contribution in [-0.2, 0) is 11.2 Å². The van der Waals surface area contributed by atoms with Gasteiger partial charge in [0.25, 0.3) is 0 Å². The topological polar surface area (TPSA) is 90.1 Å². The van der Waals surface area contributed by atoms with Crippen molar-refractivity contribution in [3.05, 3.63) is 60.6 Å². The number of benzene rings is 1. The minimum atomic E-state index is 0.541. The molecule has 1 aliphatic heterocycles. The Kier molecular flexibility index (Phi) is 5.96. The van der Waals surface area contributed by atoms with Gasteiger partial charge in [0.05, 0.1) is 12.2 Å². The number of pyridine rings is 1. The normalized spacial score (nSPS) is 15.2. The third kappa shape index (κ3) is 4.56. The molecule has 0 saturated carbocycles. The molecule has 1 saturated heterocycles. The Hall–Kier alpha value is -3.49. The molecule has 0 bridgehead atoms. The summed E-state index contributed by atoms with van der Waals surface area (Å²) in [5.74, 6) is 1.32. The van der Waals surface area contributed by atoms with E-state index in [1.807, 2.05) is 30.3 Å². The lowest BCUT2D eigenvalue weighted by molar-refractivity contribution is -0.109. The molecule has 3 aromatic heterocycles. The van der Waals surface area contributed by atoms with Crippen LogP contribution in [0.4, 0.5) is 0 Å². The number of aromatic nitrogens is 4. The second-order valence-corrected chi connectivity index (χ2v) is 8.04. The zero-order chi connectivity index (χ0) is 21.8. The number of hydrogen-bond donors (Lipinski definition) is 2. The maximum Gasteiger partial charge on any atom is 0.219 e. The highest BCUT2D eigenvalue weighted by Crippen LogP contribution is 2.28. The molecule has 0 spiro atoms. The maximum atomic E-state index is 10.7. The van der Waals surface area contributed by atoms with E-state index in [-0.39, 0.29) is 0 Å². The van der Waals surface area contributed by atoms with E-state index < -0.39 is 0 Å². The first-order valence-electron chi connectivity index (χ1n) is 10.9. The number of hydrogen-bond acceptors (Lipinski definition) is 6. The van der Waals surface area contributed by atoms with Crippen LogP contribution in [0.15, 0.2) is 55.0 Å². The van der Waals surface area contributed by atoms with Gasteiger partial charge in [-0.05, 0) is 42.3 Å². The van der Waals surface area contributed by atoms with E-state index in [4.69, 9.17) is 4.74 Å². The highest BCUT2D eigenvalue weighted by molar-refractivity contribution is 5.84. The molecule has 4 heterocycles. The summed E-state index contributed by atoms with van der Waals surface area (Å²) in [5, 5.41) is 8.08. The molecule has 0 unspecified atom stereocenters. The predicted octanol–water partition coefficient (Wildman–Crippen LogP) is 3.10. The molecule has 0 amide bonds. The molecular weight excluding hydrogens is 404 g/mol. The summed E-state index contributed by atoms with van der Waals surface area (Å²) < 4.78 is 6.02. The number of nitrogens with one attached hydrogen (secondary N) is 2. The molecule has 1 fully saturated rings. The smallest absolute Gasteiger partial charge is 0.219 e. The molecule has 8 heteroatoms. The van der Waals surface area contributed by atoms with Gasteiger partial charge >= 0.3 is 0 Å². The molecule has 164 valence electrons. The standard InChI is InChI=1S/C24H26N6O2/c31-14-13-30-11-9-29(10-12-30)8-6-18-16-25-23-3-2-20(15-21(18)23)32-24-4-1-19(17-26-24)22-5-7-27-28-22/h1-5,7,14-17,25H,6,8-13H2,(H,27,28). The van der Waals surface area contributed by atoms with Crippen molar-refractivity contribution in [2.24, 2.45) is 0 Å². The lowest BCUT2D eigenvalue weighted by Gasteiger charge is -2.33. The fraction of sp³-hybridized carbons (Fsp3) is 0.292. The third-order valence-electron chi connectivity index (χ3n) is 6.00. The molecule has 1 aliphatic rings. The minimum absolute atomic E-state index is 0.541. The third-order valence-corrected chi connectivity index (χ3v) is 6.00. The number of ether oxygens (including phenoxy) is 1. The summed E-state index contributed by atoms with van der Waals surface area (Å²) in [6.45, 7) is 5.46. The van der Waals surface area contributed by atoms with Crippen LogP contribution in [-0.4, -0.2) is 75.5 Å². The zero-order valence-electron chi connectivity index (χ0n) is 17.8. The van der Waals surface area contributed by atoms with Gasteiger partial charge in [0.15, 0.2) is 0 Å². The number of carbonyl (C=O) groups excluding carboxylic acids is 1. The predicted molar refractivity (Wildman–Crippen MR) is 123 cm³/mol. The first-order valence-corrected chi connectivity index (χ1v) is 10.9. The van der Waals surface area contributed by atoms with Gasteiger partial charge in [0.2, 0.25) is 5.88 Å². The van der Waals surface area contributed by atoms with Crippen LogP contribution in [0.2, 0.25) is 0 Å². The van der Waals surface area contributed by atoms with E-state index in [0.29, 0.717) is 12.4 Å². The zero-order valence-corrected chi connectivity index (χ0v) is 17.8. The van der Waals surface area contributed by atoms with Crippen LogP contribution in [0.1, 0.15) is 5.56 Å². The van der Waals surface area contributed by atoms with Gasteiger partial charge in [-0.3, -0.25) is 10.00 Å². The number of nitrogens with zero attached hydrogens (tertiary/aromatic N) is 4. The maximum absolute atomic E-state index is 10.7. The highest BCUT2D eigenvalue weighted by Gasteiger charge is 2.16. The Morgan fingerprint density at radius 1 is 1.06 bits per heavy atom. The van der Waals surface area contributed by atoms with Crippen molar-refractivity contribution >= 4 is 17.2 Å². The lowest BCUT2D eigenvalue weighted by atomic mass is 10.1. The second-order valence-electron chi connectivity index (χ2n) is 8.04. The second kappa shape index (κ2) is 9.33. The van der Waals surface area contributed by atoms with Crippen molar-refractivity contribution in [2.75, 3.05) is 39.3 Å². The Labute approximate surface area is 186 Å². The van der Waals surface area contributed by atoms with Crippen molar-refractivity contribution in [1.82, 2.24) is 30.0 Å². The average molecular weight is 431 g/mol. The van der Waals surface area contributed by atoms with Crippen LogP contribution in [0.3, 0.4) is 0 Å². The number of fused-ring (bicyclic) bond motifs is 1. The van der Waals surface area contributed by atoms with Crippen LogP contribution < -0.4 is 4.74 Å². The molecule has 1 aromatic carbocycles. The Balaban J connectivity index is 1.23. The monoisotopic (exact) mass is 430 g/mol. The van der Waals surface area contributed by atoms with E-state index in [2.05, 4.69) is 42.2 Å². The van der Waals surface area contributed by atoms with Gasteiger partial charge in [-0.1, -0.05) is 0 Å². The van der Waals surface area contributed by atoms with Gasteiger partial charge < -0.3 is 19.4 Å². The average Bonchev–Trinajstić information content (AvgIpc) is 3.50. The molecule has 8 nitrogen and oxygen atoms in total. The Morgan fingerprint density at radius 2 is 1.94 bits per heavy atom. The summed E-state index contributed by atoms with van der Waals surface area (Å²) in [4.78, 5) is 23.2. The van der Waals surface area contributed by atoms with Crippen LogP contribution in [0.5, 0.6) is 11.6 Å². The molecule has 32 heavy (non-hydrogen) atoms. The van der Waals surface area contributed by atoms with Crippen LogP contribution in [0, 0.1) is 0 Å². The van der Waals surface area contributed by atoms with Crippen LogP contribution >= 0.6 is 0 Å². The quantitative estimate of drug-likeness (QED) is 0.418. The van der Waals surface area contributed by atoms with Gasteiger partial charge in [-0.2, -0.15) is 5.10 Å². The first kappa shape index (κ1) is 20.4. The number of piperazine rings is 1. The van der Waals surface area contributed by atoms with Gasteiger partial charge in [-0.25, -0.2) is 4.98 Å². The number of carbonyl (C=O) groups is 1. The molecule has 0 aliphatic carbocycles. The summed E-state index contributed by atoms with van der Waals surface area (Å²) >= 11 is 0. The summed E-state index contributed by atoms with van der Waals surface area (Å²) in [6, 6.07) is 11.8. The summed E-state index contributed by atoms with van der Waals surface area (Å²) in [6.07, 6.45) is 7.54. The van der Waals surface area contributed by atoms with E-state index in [9.17, 15) is 4.79 Å². The molecule has 2 N–H and O–H groups in total. The van der Waals surface area contributed by atoms with E-state index in [1.54, 1.807) is 12.4 Å². The lowest BCUT2D eigenvalue weighted by Crippen LogP contribution is -2.47. The fourth-order valence-corrected chi connectivity index (χ4v) is 4.14. The number of aromatic amines is 2. The van der Waals surface area contributed by atoms with E-state index in [1.165, 1.54) is 10.9 Å². The van der Waals surface area contributed by atoms with Crippen molar-refractivity contribution in [3.63, 3.8) is 0 Å². The van der Waals surface area contributed by atoms with Crippen molar-refractivity contribution in [2.45, 2.75) is 6.42 Å². The number of rotatable bonds is 8. The molecule has 0 radical (unpaired) electrons. The van der Waals surface area contributed by atoms with Crippen molar-refractivity contribution in [1.29, 1.82) is 0 Å². The van der Waals surface area contributed by atoms with Crippen molar-refractivity contribution in [3.8, 4) is 22.9 Å². The largest absolute Gasteiger partial charge is 0.439 e. The SMILES string of the molecule is O=CCN1CCN(CCc2c[nH]c3ccc(Oc4ccc(-c5ccn[nH]5)cn4)cc23)CC1. The minimum Gasteiger partial charge on any atom is -0.439 e. The fourth-order valence-electron chi connectivity index (χ4n) is 4.14. The molecule has 0 atom stereocenters. The van der Waals surface area contributed by atoms with Gasteiger partial charge in [0.1, 0.15) is 12.0 Å². The Morgan fingerprint density at radius 3 is 2.69 bits per heavy atom. The molecule has 4 aromatic rings.